The molecule has 1 heterocycles. The van der Waals surface area contributed by atoms with Gasteiger partial charge in [-0.1, -0.05) is 42.0 Å². The molecule has 0 radical (unpaired) electrons. The molecule has 0 bridgehead atoms. The second kappa shape index (κ2) is 7.72. The Morgan fingerprint density at radius 2 is 1.89 bits per heavy atom. The fourth-order valence-corrected chi connectivity index (χ4v) is 3.11. The molecule has 1 unspecified atom stereocenters. The number of rotatable bonds is 6. The zero-order valence-corrected chi connectivity index (χ0v) is 16.1. The maximum absolute atomic E-state index is 12.9. The number of nitrogens with one attached hydrogen (secondary N) is 2. The number of urea groups is 1. The quantitative estimate of drug-likeness (QED) is 0.750. The normalized spacial score (nSPS) is 18.8. The zero-order chi connectivity index (χ0) is 20.3. The van der Waals surface area contributed by atoms with Gasteiger partial charge < -0.3 is 15.4 Å². The van der Waals surface area contributed by atoms with Crippen molar-refractivity contribution in [2.45, 2.75) is 25.9 Å². The Morgan fingerprint density at radius 3 is 2.57 bits per heavy atom. The van der Waals surface area contributed by atoms with Crippen molar-refractivity contribution in [3.05, 3.63) is 65.2 Å². The average molecular weight is 381 g/mol. The van der Waals surface area contributed by atoms with E-state index in [2.05, 4.69) is 10.6 Å². The number of nitrogens with zero attached hydrogens (tertiary/aromatic N) is 1. The maximum Gasteiger partial charge on any atom is 0.325 e. The number of carbonyl (C=O) groups is 3. The first-order valence-corrected chi connectivity index (χ1v) is 8.94. The molecular formula is C21H23N3O4. The van der Waals surface area contributed by atoms with Crippen molar-refractivity contribution in [3.8, 4) is 5.75 Å². The first-order valence-electron chi connectivity index (χ1n) is 8.94. The van der Waals surface area contributed by atoms with Crippen LogP contribution in [0.1, 0.15) is 23.6 Å². The first-order chi connectivity index (χ1) is 13.3. The lowest BCUT2D eigenvalue weighted by Crippen LogP contribution is -2.43. The Hall–Kier alpha value is -3.35. The Labute approximate surface area is 163 Å². The number of methoxy groups -OCH3 is 1. The fraction of sp³-hybridized carbons (Fsp3) is 0.286. The highest BCUT2D eigenvalue weighted by molar-refractivity contribution is 6.09. The summed E-state index contributed by atoms with van der Waals surface area (Å²) in [5.41, 5.74) is 1.40. The Kier molecular flexibility index (Phi) is 5.35. The summed E-state index contributed by atoms with van der Waals surface area (Å²) >= 11 is 0. The van der Waals surface area contributed by atoms with E-state index in [1.807, 2.05) is 43.3 Å². The molecule has 3 rings (SSSR count). The predicted molar refractivity (Wildman–Crippen MR) is 104 cm³/mol. The average Bonchev–Trinajstić information content (AvgIpc) is 2.91. The van der Waals surface area contributed by atoms with Crippen molar-refractivity contribution in [2.75, 3.05) is 13.7 Å². The maximum atomic E-state index is 12.9. The van der Waals surface area contributed by atoms with Gasteiger partial charge in [-0.05, 0) is 37.1 Å². The van der Waals surface area contributed by atoms with E-state index in [-0.39, 0.29) is 13.1 Å². The van der Waals surface area contributed by atoms with E-state index < -0.39 is 23.4 Å². The molecule has 1 atom stereocenters. The zero-order valence-electron chi connectivity index (χ0n) is 16.1. The molecule has 0 aromatic heterocycles. The summed E-state index contributed by atoms with van der Waals surface area (Å²) < 4.78 is 5.15. The van der Waals surface area contributed by atoms with Crippen LogP contribution in [0, 0.1) is 6.92 Å². The van der Waals surface area contributed by atoms with Crippen molar-refractivity contribution < 1.29 is 19.1 Å². The molecule has 7 nitrogen and oxygen atoms in total. The molecule has 2 aromatic carbocycles. The topological polar surface area (TPSA) is 87.7 Å². The molecule has 1 saturated heterocycles. The highest BCUT2D eigenvalue weighted by Gasteiger charge is 2.49. The number of aryl methyl sites for hydroxylation is 1. The van der Waals surface area contributed by atoms with Gasteiger partial charge in [-0.3, -0.25) is 14.5 Å². The molecular weight excluding hydrogens is 358 g/mol. The number of carbonyl (C=O) groups excluding carboxylic acids is 3. The van der Waals surface area contributed by atoms with E-state index in [4.69, 9.17) is 4.74 Å². The van der Waals surface area contributed by atoms with Gasteiger partial charge in [0.05, 0.1) is 7.11 Å². The van der Waals surface area contributed by atoms with E-state index >= 15 is 0 Å². The lowest BCUT2D eigenvalue weighted by Gasteiger charge is -2.22. The first kappa shape index (κ1) is 19.4. The van der Waals surface area contributed by atoms with E-state index in [9.17, 15) is 14.4 Å². The van der Waals surface area contributed by atoms with E-state index in [1.54, 1.807) is 26.2 Å². The fourth-order valence-electron chi connectivity index (χ4n) is 3.11. The minimum absolute atomic E-state index is 0.273. The van der Waals surface area contributed by atoms with Crippen LogP contribution in [-0.2, 0) is 21.7 Å². The molecule has 7 heteroatoms. The minimum Gasteiger partial charge on any atom is -0.497 e. The molecule has 0 saturated carbocycles. The van der Waals surface area contributed by atoms with Crippen LogP contribution in [0.15, 0.2) is 48.5 Å². The molecule has 0 spiro atoms. The largest absolute Gasteiger partial charge is 0.497 e. The minimum atomic E-state index is -1.18. The number of ether oxygens (including phenoxy) is 1. The van der Waals surface area contributed by atoms with Gasteiger partial charge in [-0.2, -0.15) is 0 Å². The van der Waals surface area contributed by atoms with Crippen LogP contribution in [-0.4, -0.2) is 36.4 Å². The number of imide groups is 1. The van der Waals surface area contributed by atoms with Crippen molar-refractivity contribution >= 4 is 17.8 Å². The lowest BCUT2D eigenvalue weighted by molar-refractivity contribution is -0.134. The molecule has 2 aromatic rings. The standard InChI is InChI=1S/C21H23N3O4/c1-14-7-9-16(10-8-14)21(2)19(26)24(20(27)23-21)13-18(25)22-12-15-5-4-6-17(11-15)28-3/h4-11H,12-13H2,1-3H3,(H,22,25)(H,23,27). The molecule has 2 N–H and O–H groups in total. The predicted octanol–water partition coefficient (Wildman–Crippen LogP) is 2.09. The van der Waals surface area contributed by atoms with Crippen LogP contribution in [0.25, 0.3) is 0 Å². The van der Waals surface area contributed by atoms with Gasteiger partial charge in [-0.15, -0.1) is 0 Å². The van der Waals surface area contributed by atoms with Gasteiger partial charge in [0.25, 0.3) is 5.91 Å². The third-order valence-corrected chi connectivity index (χ3v) is 4.83. The summed E-state index contributed by atoms with van der Waals surface area (Å²) in [6, 6.07) is 14.1. The highest BCUT2D eigenvalue weighted by Crippen LogP contribution is 2.28. The Morgan fingerprint density at radius 1 is 1.18 bits per heavy atom. The van der Waals surface area contributed by atoms with Gasteiger partial charge in [0.1, 0.15) is 17.8 Å². The number of amides is 4. The molecule has 1 fully saturated rings. The number of benzene rings is 2. The molecule has 4 amide bonds. The van der Waals surface area contributed by atoms with Crippen LogP contribution in [0.5, 0.6) is 5.75 Å². The van der Waals surface area contributed by atoms with E-state index in [0.717, 1.165) is 16.0 Å². The van der Waals surface area contributed by atoms with Gasteiger partial charge in [0.2, 0.25) is 5.91 Å². The van der Waals surface area contributed by atoms with Crippen molar-refractivity contribution in [1.29, 1.82) is 0 Å². The molecule has 28 heavy (non-hydrogen) atoms. The SMILES string of the molecule is COc1cccc(CNC(=O)CN2C(=O)NC(C)(c3ccc(C)cc3)C2=O)c1. The monoisotopic (exact) mass is 381 g/mol. The van der Waals surface area contributed by atoms with Crippen LogP contribution in [0.2, 0.25) is 0 Å². The van der Waals surface area contributed by atoms with Gasteiger partial charge in [0.15, 0.2) is 0 Å². The van der Waals surface area contributed by atoms with Crippen molar-refractivity contribution in [1.82, 2.24) is 15.5 Å². The third-order valence-electron chi connectivity index (χ3n) is 4.83. The highest BCUT2D eigenvalue weighted by atomic mass is 16.5. The van der Waals surface area contributed by atoms with E-state index in [1.165, 1.54) is 0 Å². The summed E-state index contributed by atoms with van der Waals surface area (Å²) in [6.45, 7) is 3.52. The van der Waals surface area contributed by atoms with E-state index in [0.29, 0.717) is 11.3 Å². The Balaban J connectivity index is 1.65. The van der Waals surface area contributed by atoms with Crippen LogP contribution in [0.3, 0.4) is 0 Å². The van der Waals surface area contributed by atoms with Crippen LogP contribution >= 0.6 is 0 Å². The summed E-state index contributed by atoms with van der Waals surface area (Å²) in [6.07, 6.45) is 0. The molecule has 0 aliphatic carbocycles. The van der Waals surface area contributed by atoms with Crippen LogP contribution < -0.4 is 15.4 Å². The second-order valence-corrected chi connectivity index (χ2v) is 6.94. The smallest absolute Gasteiger partial charge is 0.325 e. The second-order valence-electron chi connectivity index (χ2n) is 6.94. The Bertz CT molecular complexity index is 910. The van der Waals surface area contributed by atoms with Gasteiger partial charge in [0, 0.05) is 6.54 Å². The molecule has 146 valence electrons. The number of hydrogen-bond donors (Lipinski definition) is 2. The molecule has 1 aliphatic rings. The third kappa shape index (κ3) is 3.83. The summed E-state index contributed by atoms with van der Waals surface area (Å²) in [4.78, 5) is 38.4. The van der Waals surface area contributed by atoms with Gasteiger partial charge >= 0.3 is 6.03 Å². The summed E-state index contributed by atoms with van der Waals surface area (Å²) in [5, 5.41) is 5.43. The van der Waals surface area contributed by atoms with Gasteiger partial charge in [-0.25, -0.2) is 4.79 Å². The van der Waals surface area contributed by atoms with Crippen LogP contribution in [0.4, 0.5) is 4.79 Å². The summed E-state index contributed by atoms with van der Waals surface area (Å²) in [7, 11) is 1.57. The number of hydrogen-bond acceptors (Lipinski definition) is 4. The molecule has 1 aliphatic heterocycles. The summed E-state index contributed by atoms with van der Waals surface area (Å²) in [5.74, 6) is -0.174. The van der Waals surface area contributed by atoms with Crippen molar-refractivity contribution in [3.63, 3.8) is 0 Å². The lowest BCUT2D eigenvalue weighted by atomic mass is 9.91. The van der Waals surface area contributed by atoms with Crippen molar-refractivity contribution in [2.24, 2.45) is 0 Å².